The molecule has 0 saturated carbocycles. The molecule has 0 amide bonds. The van der Waals surface area contributed by atoms with Crippen LogP contribution in [0.15, 0.2) is 42.5 Å². The predicted molar refractivity (Wildman–Crippen MR) is 66.7 cm³/mol. The average Bonchev–Trinajstić information content (AvgIpc) is 2.36. The van der Waals surface area contributed by atoms with Crippen molar-refractivity contribution in [1.29, 1.82) is 5.26 Å². The van der Waals surface area contributed by atoms with Gasteiger partial charge in [0.1, 0.15) is 5.75 Å². The van der Waals surface area contributed by atoms with Gasteiger partial charge in [-0.05, 0) is 36.8 Å². The lowest BCUT2D eigenvalue weighted by Gasteiger charge is -2.08. The molecule has 0 aromatic heterocycles. The van der Waals surface area contributed by atoms with Crippen molar-refractivity contribution in [3.63, 3.8) is 0 Å². The van der Waals surface area contributed by atoms with E-state index in [-0.39, 0.29) is 5.75 Å². The van der Waals surface area contributed by atoms with Crippen molar-refractivity contribution in [1.82, 2.24) is 0 Å². The summed E-state index contributed by atoms with van der Waals surface area (Å²) >= 11 is 0. The molecule has 2 nitrogen and oxygen atoms in total. The molecule has 0 aliphatic carbocycles. The van der Waals surface area contributed by atoms with E-state index in [4.69, 9.17) is 10.00 Å². The number of nitrogens with zero attached hydrogens (tertiary/aromatic N) is 1. The van der Waals surface area contributed by atoms with E-state index in [0.717, 1.165) is 5.56 Å². The van der Waals surface area contributed by atoms with E-state index >= 15 is 0 Å². The Morgan fingerprint density at radius 2 is 1.89 bits per heavy atom. The van der Waals surface area contributed by atoms with E-state index in [2.05, 4.69) is 0 Å². The number of ether oxygens (including phenoxy) is 1. The van der Waals surface area contributed by atoms with Gasteiger partial charge >= 0.3 is 0 Å². The first kappa shape index (κ1) is 12.1. The molecule has 1 radical (unpaired) electrons. The smallest absolute Gasteiger partial charge is 0.165 e. The van der Waals surface area contributed by atoms with E-state index in [1.165, 1.54) is 24.6 Å². The maximum Gasteiger partial charge on any atom is 0.165 e. The van der Waals surface area contributed by atoms with Gasteiger partial charge in [0.05, 0.1) is 12.5 Å². The molecule has 2 aromatic carbocycles. The minimum Gasteiger partial charge on any atom is -0.454 e. The van der Waals surface area contributed by atoms with Crippen LogP contribution >= 0.6 is 0 Å². The number of halogens is 1. The summed E-state index contributed by atoms with van der Waals surface area (Å²) in [5.41, 5.74) is 1.72. The number of aryl methyl sites for hydroxylation is 1. The van der Waals surface area contributed by atoms with E-state index < -0.39 is 5.82 Å². The second kappa shape index (κ2) is 5.33. The van der Waals surface area contributed by atoms with Crippen molar-refractivity contribution in [3.05, 3.63) is 65.8 Å². The molecule has 0 unspecified atom stereocenters. The van der Waals surface area contributed by atoms with Crippen LogP contribution in [0, 0.1) is 30.5 Å². The maximum absolute atomic E-state index is 13.6. The molecular formula is C15H11FNO. The Balaban J connectivity index is 2.25. The number of hydrogen-bond donors (Lipinski definition) is 0. The summed E-state index contributed by atoms with van der Waals surface area (Å²) in [5.74, 6) is 0.224. The summed E-state index contributed by atoms with van der Waals surface area (Å²) in [5, 5.41) is 8.56. The van der Waals surface area contributed by atoms with Crippen LogP contribution in [0.2, 0.25) is 0 Å². The fourth-order valence-electron chi connectivity index (χ4n) is 1.50. The fourth-order valence-corrected chi connectivity index (χ4v) is 1.50. The van der Waals surface area contributed by atoms with Gasteiger partial charge in [-0.25, -0.2) is 4.39 Å². The first-order valence-corrected chi connectivity index (χ1v) is 5.46. The third-order valence-corrected chi connectivity index (χ3v) is 2.44. The predicted octanol–water partition coefficient (Wildman–Crippen LogP) is 4.00. The normalized spacial score (nSPS) is 9.83. The van der Waals surface area contributed by atoms with Crippen LogP contribution in [0.3, 0.4) is 0 Å². The van der Waals surface area contributed by atoms with Crippen molar-refractivity contribution < 1.29 is 9.13 Å². The monoisotopic (exact) mass is 240 g/mol. The second-order valence-electron chi connectivity index (χ2n) is 3.88. The van der Waals surface area contributed by atoms with Crippen molar-refractivity contribution >= 4 is 0 Å². The largest absolute Gasteiger partial charge is 0.454 e. The van der Waals surface area contributed by atoms with Gasteiger partial charge in [-0.1, -0.05) is 23.8 Å². The van der Waals surface area contributed by atoms with Crippen molar-refractivity contribution in [2.75, 3.05) is 0 Å². The minimum absolute atomic E-state index is 0.114. The summed E-state index contributed by atoms with van der Waals surface area (Å²) in [6.45, 7) is 1.97. The number of benzene rings is 2. The summed E-state index contributed by atoms with van der Waals surface area (Å²) in [4.78, 5) is 0. The highest BCUT2D eigenvalue weighted by molar-refractivity contribution is 5.40. The van der Waals surface area contributed by atoms with Crippen LogP contribution in [0.5, 0.6) is 11.5 Å². The molecule has 0 saturated heterocycles. The zero-order chi connectivity index (χ0) is 13.0. The molecule has 0 heterocycles. The Hall–Kier alpha value is -2.34. The van der Waals surface area contributed by atoms with Gasteiger partial charge in [0.2, 0.25) is 0 Å². The molecular weight excluding hydrogens is 229 g/mol. The topological polar surface area (TPSA) is 33.0 Å². The molecule has 3 heteroatoms. The first-order chi connectivity index (χ1) is 8.69. The van der Waals surface area contributed by atoms with E-state index in [1.54, 1.807) is 12.1 Å². The van der Waals surface area contributed by atoms with Gasteiger partial charge in [-0.3, -0.25) is 0 Å². The van der Waals surface area contributed by atoms with Gasteiger partial charge in [0.25, 0.3) is 0 Å². The Bertz CT molecular complexity index is 584. The van der Waals surface area contributed by atoms with Gasteiger partial charge in [-0.2, -0.15) is 5.26 Å². The first-order valence-electron chi connectivity index (χ1n) is 5.46. The van der Waals surface area contributed by atoms with Gasteiger partial charge < -0.3 is 4.74 Å². The zero-order valence-corrected chi connectivity index (χ0v) is 9.85. The highest BCUT2D eigenvalue weighted by Gasteiger charge is 2.06. The third-order valence-electron chi connectivity index (χ3n) is 2.44. The van der Waals surface area contributed by atoms with Gasteiger partial charge in [0, 0.05) is 0 Å². The summed E-state index contributed by atoms with van der Waals surface area (Å²) in [6.07, 6.45) is 1.33. The highest BCUT2D eigenvalue weighted by Crippen LogP contribution is 2.26. The van der Waals surface area contributed by atoms with Crippen LogP contribution in [0.1, 0.15) is 11.1 Å². The van der Waals surface area contributed by atoms with E-state index in [0.29, 0.717) is 11.3 Å². The average molecular weight is 240 g/mol. The molecule has 0 spiro atoms. The molecule has 18 heavy (non-hydrogen) atoms. The quantitative estimate of drug-likeness (QED) is 0.812. The molecule has 0 aliphatic heterocycles. The number of hydrogen-bond acceptors (Lipinski definition) is 2. The summed E-state index contributed by atoms with van der Waals surface area (Å²) in [7, 11) is 0. The second-order valence-corrected chi connectivity index (χ2v) is 3.88. The van der Waals surface area contributed by atoms with Crippen LogP contribution in [0.25, 0.3) is 0 Å². The standard InChI is InChI=1S/C15H11FNO/c1-11-2-5-13(6-3-11)18-15-10-12(8-9-17)4-7-14(15)16/h2-8,10H,1H3. The maximum atomic E-state index is 13.6. The van der Waals surface area contributed by atoms with Gasteiger partial charge in [-0.15, -0.1) is 0 Å². The molecule has 2 aromatic rings. The fraction of sp³-hybridized carbons (Fsp3) is 0.0667. The molecule has 0 atom stereocenters. The number of nitriles is 1. The molecule has 2 rings (SSSR count). The van der Waals surface area contributed by atoms with Crippen LogP contribution in [0.4, 0.5) is 4.39 Å². The molecule has 0 bridgehead atoms. The Morgan fingerprint density at radius 3 is 2.56 bits per heavy atom. The molecule has 89 valence electrons. The zero-order valence-electron chi connectivity index (χ0n) is 9.85. The molecule has 0 aliphatic rings. The van der Waals surface area contributed by atoms with E-state index in [1.807, 2.05) is 25.1 Å². The van der Waals surface area contributed by atoms with E-state index in [9.17, 15) is 4.39 Å². The molecule has 0 N–H and O–H groups in total. The van der Waals surface area contributed by atoms with Crippen molar-refractivity contribution in [2.45, 2.75) is 6.92 Å². The SMILES string of the molecule is Cc1ccc(Oc2cc([CH]C#N)ccc2F)cc1. The molecule has 0 fully saturated rings. The Morgan fingerprint density at radius 1 is 1.17 bits per heavy atom. The third kappa shape index (κ3) is 2.86. The minimum atomic E-state index is -0.453. The summed E-state index contributed by atoms with van der Waals surface area (Å²) < 4.78 is 19.0. The highest BCUT2D eigenvalue weighted by atomic mass is 19.1. The van der Waals surface area contributed by atoms with Crippen molar-refractivity contribution in [2.24, 2.45) is 0 Å². The van der Waals surface area contributed by atoms with Crippen molar-refractivity contribution in [3.8, 4) is 17.6 Å². The van der Waals surface area contributed by atoms with Crippen LogP contribution < -0.4 is 4.74 Å². The van der Waals surface area contributed by atoms with Gasteiger partial charge in [0.15, 0.2) is 11.6 Å². The number of rotatable bonds is 3. The lowest BCUT2D eigenvalue weighted by molar-refractivity contribution is 0.442. The lowest BCUT2D eigenvalue weighted by Crippen LogP contribution is -1.90. The Labute approximate surface area is 105 Å². The summed E-state index contributed by atoms with van der Waals surface area (Å²) in [6, 6.07) is 13.5. The Kier molecular flexibility index (Phi) is 3.59. The van der Waals surface area contributed by atoms with Crippen LogP contribution in [-0.2, 0) is 0 Å². The lowest BCUT2D eigenvalue weighted by atomic mass is 10.1. The van der Waals surface area contributed by atoms with Crippen LogP contribution in [-0.4, -0.2) is 0 Å².